The average molecular weight is 120 g/mol. The molecule has 0 aromatic carbocycles. The van der Waals surface area contributed by atoms with Gasteiger partial charge in [0.25, 0.3) is 0 Å². The molecule has 0 aromatic heterocycles. The average Bonchev–Trinajstić information content (AvgIpc) is 1.89. The summed E-state index contributed by atoms with van der Waals surface area (Å²) in [6.45, 7) is 1.73. The summed E-state index contributed by atoms with van der Waals surface area (Å²) in [6.07, 6.45) is 2.96. The van der Waals surface area contributed by atoms with Gasteiger partial charge in [-0.15, -0.1) is 0 Å². The first-order valence-electron chi connectivity index (χ1n) is 2.75. The van der Waals surface area contributed by atoms with Gasteiger partial charge in [-0.1, -0.05) is 6.08 Å². The summed E-state index contributed by atoms with van der Waals surface area (Å²) >= 11 is 0. The number of hydrogen-bond acceptors (Lipinski definition) is 2. The lowest BCUT2D eigenvalue weighted by atomic mass is 10.2. The molecule has 0 aromatic rings. The summed E-state index contributed by atoms with van der Waals surface area (Å²) in [5.74, 6) is 0. The van der Waals surface area contributed by atoms with Gasteiger partial charge >= 0.3 is 0 Å². The standard InChI is InChI=1S/C7H8N2/c1-7(6-9)4-2-3-5-8/h4H,2-3H2,1H3. The Labute approximate surface area is 55.0 Å². The molecule has 0 aliphatic carbocycles. The molecular formula is C7H8N2. The molecule has 0 atom stereocenters. The van der Waals surface area contributed by atoms with Crippen LogP contribution >= 0.6 is 0 Å². The Morgan fingerprint density at radius 3 is 2.67 bits per heavy atom. The first kappa shape index (κ1) is 7.72. The summed E-state index contributed by atoms with van der Waals surface area (Å²) in [6, 6.07) is 3.97. The number of rotatable bonds is 2. The third-order valence-electron chi connectivity index (χ3n) is 0.883. The quantitative estimate of drug-likeness (QED) is 0.411. The second kappa shape index (κ2) is 4.87. The Bertz CT molecular complexity index is 178. The van der Waals surface area contributed by atoms with Gasteiger partial charge in [-0.05, 0) is 13.3 Å². The van der Waals surface area contributed by atoms with Gasteiger partial charge in [-0.2, -0.15) is 10.5 Å². The van der Waals surface area contributed by atoms with E-state index >= 15 is 0 Å². The van der Waals surface area contributed by atoms with E-state index in [4.69, 9.17) is 10.5 Å². The molecule has 9 heavy (non-hydrogen) atoms. The summed E-state index contributed by atoms with van der Waals surface area (Å²) in [5, 5.41) is 16.3. The first-order valence-corrected chi connectivity index (χ1v) is 2.75. The van der Waals surface area contributed by atoms with E-state index < -0.39 is 0 Å². The molecule has 46 valence electrons. The Kier molecular flexibility index (Phi) is 4.18. The van der Waals surface area contributed by atoms with Crippen LogP contribution in [0.15, 0.2) is 11.6 Å². The molecule has 2 nitrogen and oxygen atoms in total. The highest BCUT2D eigenvalue weighted by Crippen LogP contribution is 1.94. The number of allylic oxidation sites excluding steroid dienone is 2. The van der Waals surface area contributed by atoms with E-state index in [1.54, 1.807) is 13.0 Å². The molecule has 0 spiro atoms. The Hall–Kier alpha value is -1.28. The van der Waals surface area contributed by atoms with Crippen LogP contribution in [0.5, 0.6) is 0 Å². The molecule has 0 saturated carbocycles. The van der Waals surface area contributed by atoms with Crippen molar-refractivity contribution in [3.05, 3.63) is 11.6 Å². The summed E-state index contributed by atoms with van der Waals surface area (Å²) < 4.78 is 0. The molecule has 0 amide bonds. The van der Waals surface area contributed by atoms with Crippen LogP contribution in [-0.2, 0) is 0 Å². The summed E-state index contributed by atoms with van der Waals surface area (Å²) in [4.78, 5) is 0. The van der Waals surface area contributed by atoms with E-state index in [9.17, 15) is 0 Å². The highest BCUT2D eigenvalue weighted by atomic mass is 14.2. The SMILES string of the molecule is CC(C#N)=CCCC#N. The van der Waals surface area contributed by atoms with Crippen molar-refractivity contribution in [2.24, 2.45) is 0 Å². The van der Waals surface area contributed by atoms with E-state index in [-0.39, 0.29) is 0 Å². The van der Waals surface area contributed by atoms with Gasteiger partial charge in [-0.25, -0.2) is 0 Å². The second-order valence-corrected chi connectivity index (χ2v) is 1.70. The van der Waals surface area contributed by atoms with Gasteiger partial charge in [0.2, 0.25) is 0 Å². The van der Waals surface area contributed by atoms with Gasteiger partial charge in [0, 0.05) is 12.0 Å². The van der Waals surface area contributed by atoms with E-state index in [1.165, 1.54) is 0 Å². The molecular weight excluding hydrogens is 112 g/mol. The highest BCUT2D eigenvalue weighted by molar-refractivity contribution is 5.17. The highest BCUT2D eigenvalue weighted by Gasteiger charge is 1.82. The van der Waals surface area contributed by atoms with Crippen LogP contribution in [-0.4, -0.2) is 0 Å². The van der Waals surface area contributed by atoms with Crippen molar-refractivity contribution in [1.82, 2.24) is 0 Å². The van der Waals surface area contributed by atoms with E-state index in [1.807, 2.05) is 12.1 Å². The van der Waals surface area contributed by atoms with Gasteiger partial charge in [0.15, 0.2) is 0 Å². The van der Waals surface area contributed by atoms with Crippen LogP contribution in [0.3, 0.4) is 0 Å². The van der Waals surface area contributed by atoms with Gasteiger partial charge in [-0.3, -0.25) is 0 Å². The minimum Gasteiger partial charge on any atom is -0.198 e. The van der Waals surface area contributed by atoms with Gasteiger partial charge in [0.05, 0.1) is 12.1 Å². The largest absolute Gasteiger partial charge is 0.198 e. The van der Waals surface area contributed by atoms with Crippen LogP contribution in [0, 0.1) is 22.7 Å². The number of nitriles is 2. The monoisotopic (exact) mass is 120 g/mol. The van der Waals surface area contributed by atoms with Crippen molar-refractivity contribution >= 4 is 0 Å². The van der Waals surface area contributed by atoms with Crippen LogP contribution in [0.25, 0.3) is 0 Å². The number of unbranched alkanes of at least 4 members (excludes halogenated alkanes) is 1. The Balaban J connectivity index is 3.50. The molecule has 0 aliphatic heterocycles. The molecule has 0 unspecified atom stereocenters. The van der Waals surface area contributed by atoms with E-state index in [0.717, 1.165) is 0 Å². The summed E-state index contributed by atoms with van der Waals surface area (Å²) in [5.41, 5.74) is 0.685. The van der Waals surface area contributed by atoms with Gasteiger partial charge in [0.1, 0.15) is 0 Å². The molecule has 0 radical (unpaired) electrons. The minimum atomic E-state index is 0.499. The second-order valence-electron chi connectivity index (χ2n) is 1.70. The molecule has 0 heterocycles. The maximum absolute atomic E-state index is 8.23. The molecule has 0 rings (SSSR count). The van der Waals surface area contributed by atoms with Crippen molar-refractivity contribution in [3.8, 4) is 12.1 Å². The lowest BCUT2D eigenvalue weighted by Crippen LogP contribution is -1.68. The molecule has 0 bridgehead atoms. The maximum Gasteiger partial charge on any atom is 0.0940 e. The lowest BCUT2D eigenvalue weighted by molar-refractivity contribution is 1.05. The van der Waals surface area contributed by atoms with Crippen LogP contribution in [0.4, 0.5) is 0 Å². The van der Waals surface area contributed by atoms with Gasteiger partial charge < -0.3 is 0 Å². The Morgan fingerprint density at radius 2 is 2.22 bits per heavy atom. The smallest absolute Gasteiger partial charge is 0.0940 e. The zero-order valence-electron chi connectivity index (χ0n) is 5.39. The topological polar surface area (TPSA) is 47.6 Å². The zero-order chi connectivity index (χ0) is 7.11. The molecule has 2 heteroatoms. The predicted octanol–water partition coefficient (Wildman–Crippen LogP) is 1.76. The maximum atomic E-state index is 8.23. The van der Waals surface area contributed by atoms with Crippen LogP contribution in [0.2, 0.25) is 0 Å². The van der Waals surface area contributed by atoms with Crippen LogP contribution in [0.1, 0.15) is 19.8 Å². The van der Waals surface area contributed by atoms with Crippen molar-refractivity contribution in [3.63, 3.8) is 0 Å². The minimum absolute atomic E-state index is 0.499. The van der Waals surface area contributed by atoms with Crippen LogP contribution < -0.4 is 0 Å². The lowest BCUT2D eigenvalue weighted by Gasteiger charge is -1.81. The Morgan fingerprint density at radius 1 is 1.56 bits per heavy atom. The number of hydrogen-bond donors (Lipinski definition) is 0. The molecule has 0 N–H and O–H groups in total. The predicted molar refractivity (Wildman–Crippen MR) is 34.2 cm³/mol. The zero-order valence-corrected chi connectivity index (χ0v) is 5.39. The number of nitrogens with zero attached hydrogens (tertiary/aromatic N) is 2. The summed E-state index contributed by atoms with van der Waals surface area (Å²) in [7, 11) is 0. The fourth-order valence-electron chi connectivity index (χ4n) is 0.399. The van der Waals surface area contributed by atoms with Crippen molar-refractivity contribution in [2.75, 3.05) is 0 Å². The fourth-order valence-corrected chi connectivity index (χ4v) is 0.399. The van der Waals surface area contributed by atoms with E-state index in [0.29, 0.717) is 18.4 Å². The van der Waals surface area contributed by atoms with Crippen molar-refractivity contribution < 1.29 is 0 Å². The fraction of sp³-hybridized carbons (Fsp3) is 0.429. The molecule has 0 fully saturated rings. The van der Waals surface area contributed by atoms with Crippen molar-refractivity contribution in [1.29, 1.82) is 10.5 Å². The first-order chi connectivity index (χ1) is 4.31. The van der Waals surface area contributed by atoms with E-state index in [2.05, 4.69) is 0 Å². The normalized spacial score (nSPS) is 9.89. The molecule has 0 saturated heterocycles. The molecule has 0 aliphatic rings. The third kappa shape index (κ3) is 4.58. The third-order valence-corrected chi connectivity index (χ3v) is 0.883. The van der Waals surface area contributed by atoms with Crippen molar-refractivity contribution in [2.45, 2.75) is 19.8 Å².